The first kappa shape index (κ1) is 22.4. The highest BCUT2D eigenvalue weighted by molar-refractivity contribution is 5.87. The Morgan fingerprint density at radius 3 is 2.55 bits per heavy atom. The molecule has 29 heavy (non-hydrogen) atoms. The molecule has 0 saturated carbocycles. The standard InChI is InChI=1S/C12H22N2O.C10H9N3O/c1-11(2)13-8-6-7-12(15)14-9-4-3-5-10-14;11-9-5-8(6-13-10(9)14)7-1-3-12-4-2-7/h6-7,11,13H,3-5,8-10H2,1-2H3;1-6H,11H2,(H,13,14)/b7-6+;. The summed E-state index contributed by atoms with van der Waals surface area (Å²) in [5.41, 5.74) is 7.31. The third kappa shape index (κ3) is 7.91. The number of carbonyl (C=O) groups is 1. The first-order chi connectivity index (χ1) is 14.0. The predicted octanol–water partition coefficient (Wildman–Crippen LogP) is 2.57. The van der Waals surface area contributed by atoms with Gasteiger partial charge in [0.2, 0.25) is 5.91 Å². The first-order valence-corrected chi connectivity index (χ1v) is 10.0. The smallest absolute Gasteiger partial charge is 0.271 e. The van der Waals surface area contributed by atoms with Crippen LogP contribution in [0.2, 0.25) is 0 Å². The summed E-state index contributed by atoms with van der Waals surface area (Å²) < 4.78 is 0. The zero-order valence-corrected chi connectivity index (χ0v) is 17.2. The molecule has 0 unspecified atom stereocenters. The van der Waals surface area contributed by atoms with Gasteiger partial charge >= 0.3 is 0 Å². The normalized spacial score (nSPS) is 14.0. The quantitative estimate of drug-likeness (QED) is 0.673. The van der Waals surface area contributed by atoms with Crippen LogP contribution in [-0.2, 0) is 4.79 Å². The number of nitrogen functional groups attached to an aromatic ring is 1. The van der Waals surface area contributed by atoms with E-state index in [1.54, 1.807) is 30.7 Å². The SMILES string of the molecule is CC(C)NC/C=C/C(=O)N1CCCCC1.Nc1cc(-c2ccncc2)c[nH]c1=O. The fraction of sp³-hybridized carbons (Fsp3) is 0.409. The lowest BCUT2D eigenvalue weighted by Gasteiger charge is -2.25. The lowest BCUT2D eigenvalue weighted by atomic mass is 10.1. The molecule has 1 fully saturated rings. The van der Waals surface area contributed by atoms with Crippen LogP contribution in [0.4, 0.5) is 5.69 Å². The molecule has 7 heteroatoms. The summed E-state index contributed by atoms with van der Waals surface area (Å²) in [4.78, 5) is 31.1. The number of pyridine rings is 2. The summed E-state index contributed by atoms with van der Waals surface area (Å²) in [6.45, 7) is 6.83. The number of hydrogen-bond acceptors (Lipinski definition) is 5. The summed E-state index contributed by atoms with van der Waals surface area (Å²) in [5, 5.41) is 3.25. The van der Waals surface area contributed by atoms with Crippen LogP contribution in [0.1, 0.15) is 33.1 Å². The molecule has 156 valence electrons. The molecular formula is C22H31N5O2. The lowest BCUT2D eigenvalue weighted by molar-refractivity contribution is -0.126. The Morgan fingerprint density at radius 2 is 1.93 bits per heavy atom. The number of nitrogens with zero attached hydrogens (tertiary/aromatic N) is 2. The van der Waals surface area contributed by atoms with E-state index in [0.717, 1.165) is 43.6 Å². The number of amides is 1. The van der Waals surface area contributed by atoms with Crippen molar-refractivity contribution in [1.29, 1.82) is 0 Å². The highest BCUT2D eigenvalue weighted by Crippen LogP contribution is 2.17. The monoisotopic (exact) mass is 397 g/mol. The molecule has 2 aromatic rings. The molecule has 2 aromatic heterocycles. The van der Waals surface area contributed by atoms with Crippen molar-refractivity contribution >= 4 is 11.6 Å². The van der Waals surface area contributed by atoms with Crippen molar-refractivity contribution in [3.05, 3.63) is 59.3 Å². The van der Waals surface area contributed by atoms with E-state index in [4.69, 9.17) is 5.73 Å². The third-order valence-electron chi connectivity index (χ3n) is 4.52. The summed E-state index contributed by atoms with van der Waals surface area (Å²) in [5.74, 6) is 0.167. The molecule has 3 heterocycles. The molecule has 1 aliphatic rings. The number of hydrogen-bond donors (Lipinski definition) is 3. The van der Waals surface area contributed by atoms with Gasteiger partial charge in [-0.1, -0.05) is 19.9 Å². The fourth-order valence-corrected chi connectivity index (χ4v) is 2.90. The van der Waals surface area contributed by atoms with Crippen molar-refractivity contribution in [2.24, 2.45) is 0 Å². The molecule has 4 N–H and O–H groups in total. The number of aromatic nitrogens is 2. The zero-order valence-electron chi connectivity index (χ0n) is 17.2. The number of rotatable bonds is 5. The molecule has 0 aromatic carbocycles. The van der Waals surface area contributed by atoms with Crippen molar-refractivity contribution < 1.29 is 4.79 Å². The van der Waals surface area contributed by atoms with E-state index in [-0.39, 0.29) is 17.2 Å². The Morgan fingerprint density at radius 1 is 1.24 bits per heavy atom. The molecule has 3 rings (SSSR count). The van der Waals surface area contributed by atoms with E-state index in [1.807, 2.05) is 23.1 Å². The van der Waals surface area contributed by atoms with Gasteiger partial charge in [-0.15, -0.1) is 0 Å². The van der Waals surface area contributed by atoms with Crippen LogP contribution >= 0.6 is 0 Å². The van der Waals surface area contributed by atoms with E-state index in [1.165, 1.54) is 6.42 Å². The number of carbonyl (C=O) groups excluding carboxylic acids is 1. The lowest BCUT2D eigenvalue weighted by Crippen LogP contribution is -2.34. The van der Waals surface area contributed by atoms with Crippen molar-refractivity contribution in [1.82, 2.24) is 20.2 Å². The van der Waals surface area contributed by atoms with Crippen LogP contribution < -0.4 is 16.6 Å². The van der Waals surface area contributed by atoms with Crippen molar-refractivity contribution in [2.45, 2.75) is 39.2 Å². The predicted molar refractivity (Wildman–Crippen MR) is 117 cm³/mol. The van der Waals surface area contributed by atoms with Crippen molar-refractivity contribution in [3.63, 3.8) is 0 Å². The highest BCUT2D eigenvalue weighted by Gasteiger charge is 2.13. The molecule has 1 aliphatic heterocycles. The average molecular weight is 398 g/mol. The Balaban J connectivity index is 0.000000207. The average Bonchev–Trinajstić information content (AvgIpc) is 2.74. The molecule has 1 amide bonds. The van der Waals surface area contributed by atoms with Crippen molar-refractivity contribution in [2.75, 3.05) is 25.4 Å². The van der Waals surface area contributed by atoms with Gasteiger partial charge in [-0.2, -0.15) is 0 Å². The number of anilines is 1. The number of likely N-dealkylation sites (tertiary alicyclic amines) is 1. The minimum atomic E-state index is -0.261. The van der Waals surface area contributed by atoms with Crippen LogP contribution in [0.25, 0.3) is 11.1 Å². The van der Waals surface area contributed by atoms with Gasteiger partial charge < -0.3 is 20.9 Å². The number of nitrogens with two attached hydrogens (primary N) is 1. The van der Waals surface area contributed by atoms with Crippen LogP contribution in [0.3, 0.4) is 0 Å². The third-order valence-corrected chi connectivity index (χ3v) is 4.52. The maximum absolute atomic E-state index is 11.7. The van der Waals surface area contributed by atoms with E-state index < -0.39 is 0 Å². The Labute approximate surface area is 172 Å². The minimum absolute atomic E-state index is 0.167. The van der Waals surface area contributed by atoms with Gasteiger partial charge in [-0.05, 0) is 43.0 Å². The molecule has 7 nitrogen and oxygen atoms in total. The zero-order chi connectivity index (χ0) is 21.1. The topological polar surface area (TPSA) is 104 Å². The van der Waals surface area contributed by atoms with Crippen LogP contribution in [0, 0.1) is 0 Å². The summed E-state index contributed by atoms with van der Waals surface area (Å²) >= 11 is 0. The Hall–Kier alpha value is -2.93. The van der Waals surface area contributed by atoms with E-state index >= 15 is 0 Å². The van der Waals surface area contributed by atoms with Crippen LogP contribution in [-0.4, -0.2) is 46.5 Å². The molecule has 0 spiro atoms. The Kier molecular flexibility index (Phi) is 9.11. The largest absolute Gasteiger partial charge is 0.394 e. The van der Waals surface area contributed by atoms with Gasteiger partial charge in [0, 0.05) is 55.9 Å². The molecule has 0 atom stereocenters. The highest BCUT2D eigenvalue weighted by atomic mass is 16.2. The first-order valence-electron chi connectivity index (χ1n) is 10.0. The molecule has 0 aliphatic carbocycles. The summed E-state index contributed by atoms with van der Waals surface area (Å²) in [6, 6.07) is 5.83. The van der Waals surface area contributed by atoms with E-state index in [0.29, 0.717) is 6.04 Å². The molecule has 0 radical (unpaired) electrons. The second-order valence-corrected chi connectivity index (χ2v) is 7.26. The Bertz CT molecular complexity index is 840. The summed E-state index contributed by atoms with van der Waals surface area (Å²) in [6.07, 6.45) is 12.2. The minimum Gasteiger partial charge on any atom is -0.394 e. The van der Waals surface area contributed by atoms with Crippen LogP contribution in [0.15, 0.2) is 53.7 Å². The second-order valence-electron chi connectivity index (χ2n) is 7.26. The maximum atomic E-state index is 11.7. The van der Waals surface area contributed by atoms with Gasteiger partial charge in [-0.25, -0.2) is 0 Å². The van der Waals surface area contributed by atoms with Gasteiger partial charge in [0.1, 0.15) is 0 Å². The van der Waals surface area contributed by atoms with Gasteiger partial charge in [0.15, 0.2) is 0 Å². The van der Waals surface area contributed by atoms with Gasteiger partial charge in [0.25, 0.3) is 5.56 Å². The second kappa shape index (κ2) is 11.8. The number of aromatic amines is 1. The maximum Gasteiger partial charge on any atom is 0.271 e. The summed E-state index contributed by atoms with van der Waals surface area (Å²) in [7, 11) is 0. The molecule has 0 bridgehead atoms. The number of piperidine rings is 1. The van der Waals surface area contributed by atoms with Gasteiger partial charge in [-0.3, -0.25) is 14.6 Å². The van der Waals surface area contributed by atoms with Gasteiger partial charge in [0.05, 0.1) is 5.69 Å². The van der Waals surface area contributed by atoms with E-state index in [2.05, 4.69) is 29.1 Å². The molecular weight excluding hydrogens is 366 g/mol. The number of H-pyrrole nitrogens is 1. The van der Waals surface area contributed by atoms with Crippen LogP contribution in [0.5, 0.6) is 0 Å². The fourth-order valence-electron chi connectivity index (χ4n) is 2.90. The van der Waals surface area contributed by atoms with Crippen molar-refractivity contribution in [3.8, 4) is 11.1 Å². The molecule has 1 saturated heterocycles. The number of nitrogens with one attached hydrogen (secondary N) is 2. The van der Waals surface area contributed by atoms with E-state index in [9.17, 15) is 9.59 Å².